The molecule has 3 heteroatoms. The molecule has 2 rings (SSSR count). The molecule has 1 aliphatic rings. The molecule has 0 aromatic heterocycles. The molecule has 19 heavy (non-hydrogen) atoms. The van der Waals surface area contributed by atoms with Gasteiger partial charge in [0.2, 0.25) is 0 Å². The van der Waals surface area contributed by atoms with Crippen LogP contribution in [0.1, 0.15) is 44.6 Å². The molecule has 1 saturated carbocycles. The third kappa shape index (κ3) is 3.95. The van der Waals surface area contributed by atoms with Crippen LogP contribution in [0, 0.1) is 0 Å². The lowest BCUT2D eigenvalue weighted by Gasteiger charge is -2.36. The summed E-state index contributed by atoms with van der Waals surface area (Å²) >= 11 is 0. The molecule has 1 aliphatic carbocycles. The normalized spacial score (nSPS) is 18.2. The number of ether oxygens (including phenoxy) is 1. The van der Waals surface area contributed by atoms with Crippen molar-refractivity contribution in [3.63, 3.8) is 0 Å². The predicted molar refractivity (Wildman–Crippen MR) is 77.4 cm³/mol. The smallest absolute Gasteiger partial charge is 0.119 e. The van der Waals surface area contributed by atoms with Gasteiger partial charge in [-0.3, -0.25) is 0 Å². The number of aliphatic hydroxyl groups is 1. The van der Waals surface area contributed by atoms with Gasteiger partial charge in [-0.25, -0.2) is 0 Å². The molecule has 0 spiro atoms. The van der Waals surface area contributed by atoms with Crippen molar-refractivity contribution in [1.82, 2.24) is 5.32 Å². The average molecular weight is 263 g/mol. The first-order valence-corrected chi connectivity index (χ1v) is 7.36. The summed E-state index contributed by atoms with van der Waals surface area (Å²) in [5.74, 6) is 0.920. The summed E-state index contributed by atoms with van der Waals surface area (Å²) < 4.78 is 5.51. The van der Waals surface area contributed by atoms with E-state index in [1.807, 2.05) is 19.1 Å². The highest BCUT2D eigenvalue weighted by Crippen LogP contribution is 2.28. The van der Waals surface area contributed by atoms with Crippen LogP contribution in [0.2, 0.25) is 0 Å². The van der Waals surface area contributed by atoms with Crippen molar-refractivity contribution in [1.29, 1.82) is 0 Å². The molecule has 0 saturated heterocycles. The molecule has 0 unspecified atom stereocenters. The molecule has 0 atom stereocenters. The highest BCUT2D eigenvalue weighted by molar-refractivity contribution is 5.28. The minimum atomic E-state index is -0.0696. The van der Waals surface area contributed by atoms with Crippen molar-refractivity contribution in [2.24, 2.45) is 0 Å². The quantitative estimate of drug-likeness (QED) is 0.829. The van der Waals surface area contributed by atoms with Crippen molar-refractivity contribution in [2.45, 2.75) is 51.1 Å². The number of rotatable bonds is 6. The van der Waals surface area contributed by atoms with Crippen molar-refractivity contribution in [3.05, 3.63) is 29.8 Å². The SMILES string of the molecule is CCOc1cccc(CNC2(CO)CCCCC2)c1. The zero-order chi connectivity index (χ0) is 13.6. The lowest BCUT2D eigenvalue weighted by atomic mass is 9.82. The van der Waals surface area contributed by atoms with Crippen LogP contribution in [0.15, 0.2) is 24.3 Å². The fourth-order valence-electron chi connectivity index (χ4n) is 2.82. The van der Waals surface area contributed by atoms with Crippen LogP contribution in [-0.2, 0) is 6.54 Å². The first-order chi connectivity index (χ1) is 9.28. The zero-order valence-electron chi connectivity index (χ0n) is 11.8. The highest BCUT2D eigenvalue weighted by atomic mass is 16.5. The summed E-state index contributed by atoms with van der Waals surface area (Å²) in [6.07, 6.45) is 5.88. The summed E-state index contributed by atoms with van der Waals surface area (Å²) in [4.78, 5) is 0. The van der Waals surface area contributed by atoms with E-state index in [9.17, 15) is 5.11 Å². The van der Waals surface area contributed by atoms with Crippen molar-refractivity contribution in [2.75, 3.05) is 13.2 Å². The minimum Gasteiger partial charge on any atom is -0.494 e. The second kappa shape index (κ2) is 6.92. The Morgan fingerprint density at radius 3 is 2.74 bits per heavy atom. The summed E-state index contributed by atoms with van der Waals surface area (Å²) in [6.45, 7) is 3.71. The number of hydrogen-bond donors (Lipinski definition) is 2. The Hall–Kier alpha value is -1.06. The molecule has 1 aromatic carbocycles. The monoisotopic (exact) mass is 263 g/mol. The molecule has 3 nitrogen and oxygen atoms in total. The Balaban J connectivity index is 1.94. The van der Waals surface area contributed by atoms with Crippen LogP contribution in [0.5, 0.6) is 5.75 Å². The molecular weight excluding hydrogens is 238 g/mol. The van der Waals surface area contributed by atoms with Crippen molar-refractivity contribution in [3.8, 4) is 5.75 Å². The van der Waals surface area contributed by atoms with Crippen LogP contribution in [0.4, 0.5) is 0 Å². The molecule has 1 aromatic rings. The number of benzene rings is 1. The van der Waals surface area contributed by atoms with Crippen LogP contribution in [0.3, 0.4) is 0 Å². The maximum Gasteiger partial charge on any atom is 0.119 e. The average Bonchev–Trinajstić information content (AvgIpc) is 2.47. The van der Waals surface area contributed by atoms with Crippen molar-refractivity contribution >= 4 is 0 Å². The van der Waals surface area contributed by atoms with Gasteiger partial charge in [-0.1, -0.05) is 31.4 Å². The fourth-order valence-corrected chi connectivity index (χ4v) is 2.82. The Morgan fingerprint density at radius 2 is 2.05 bits per heavy atom. The Bertz CT molecular complexity index is 386. The molecule has 106 valence electrons. The summed E-state index contributed by atoms with van der Waals surface area (Å²) in [5.41, 5.74) is 1.14. The molecular formula is C16H25NO2. The van der Waals surface area contributed by atoms with Crippen molar-refractivity contribution < 1.29 is 9.84 Å². The van der Waals surface area contributed by atoms with E-state index in [2.05, 4.69) is 17.4 Å². The van der Waals surface area contributed by atoms with E-state index in [-0.39, 0.29) is 12.1 Å². The summed E-state index contributed by atoms with van der Waals surface area (Å²) in [5, 5.41) is 13.2. The van der Waals surface area contributed by atoms with Gasteiger partial charge in [0.15, 0.2) is 0 Å². The highest BCUT2D eigenvalue weighted by Gasteiger charge is 2.30. The molecule has 0 radical (unpaired) electrons. The first-order valence-electron chi connectivity index (χ1n) is 7.36. The maximum atomic E-state index is 9.67. The molecule has 0 amide bonds. The minimum absolute atomic E-state index is 0.0696. The van der Waals surface area contributed by atoms with Gasteiger partial charge in [-0.05, 0) is 37.5 Å². The Labute approximate surface area is 116 Å². The second-order valence-electron chi connectivity index (χ2n) is 5.43. The lowest BCUT2D eigenvalue weighted by molar-refractivity contribution is 0.119. The first kappa shape index (κ1) is 14.4. The van der Waals surface area contributed by atoms with Gasteiger partial charge in [0.1, 0.15) is 5.75 Å². The Kier molecular flexibility index (Phi) is 5.23. The van der Waals surface area contributed by atoms with Gasteiger partial charge in [0, 0.05) is 12.1 Å². The third-order valence-corrected chi connectivity index (χ3v) is 3.99. The van der Waals surface area contributed by atoms with Gasteiger partial charge in [-0.15, -0.1) is 0 Å². The van der Waals surface area contributed by atoms with Gasteiger partial charge in [0.05, 0.1) is 13.2 Å². The number of aliphatic hydroxyl groups excluding tert-OH is 1. The van der Waals surface area contributed by atoms with Gasteiger partial charge < -0.3 is 15.2 Å². The molecule has 0 aliphatic heterocycles. The van der Waals surface area contributed by atoms with E-state index in [0.717, 1.165) is 25.1 Å². The van der Waals surface area contributed by atoms with E-state index in [4.69, 9.17) is 4.74 Å². The number of nitrogens with one attached hydrogen (secondary N) is 1. The Morgan fingerprint density at radius 1 is 1.26 bits per heavy atom. The van der Waals surface area contributed by atoms with Gasteiger partial charge in [0.25, 0.3) is 0 Å². The number of hydrogen-bond acceptors (Lipinski definition) is 3. The standard InChI is InChI=1S/C16H25NO2/c1-2-19-15-8-6-7-14(11-15)12-17-16(13-18)9-4-3-5-10-16/h6-8,11,17-18H,2-5,9-10,12-13H2,1H3. The van der Waals surface area contributed by atoms with E-state index >= 15 is 0 Å². The molecule has 0 bridgehead atoms. The summed E-state index contributed by atoms with van der Waals surface area (Å²) in [7, 11) is 0. The van der Waals surface area contributed by atoms with E-state index in [0.29, 0.717) is 6.61 Å². The van der Waals surface area contributed by atoms with E-state index in [1.165, 1.54) is 24.8 Å². The molecule has 0 heterocycles. The maximum absolute atomic E-state index is 9.67. The lowest BCUT2D eigenvalue weighted by Crippen LogP contribution is -2.49. The molecule has 2 N–H and O–H groups in total. The van der Waals surface area contributed by atoms with Gasteiger partial charge in [-0.2, -0.15) is 0 Å². The van der Waals surface area contributed by atoms with Crippen LogP contribution in [0.25, 0.3) is 0 Å². The van der Waals surface area contributed by atoms with E-state index in [1.54, 1.807) is 0 Å². The van der Waals surface area contributed by atoms with Gasteiger partial charge >= 0.3 is 0 Å². The largest absolute Gasteiger partial charge is 0.494 e. The zero-order valence-corrected chi connectivity index (χ0v) is 11.8. The molecule has 1 fully saturated rings. The third-order valence-electron chi connectivity index (χ3n) is 3.99. The topological polar surface area (TPSA) is 41.5 Å². The van der Waals surface area contributed by atoms with Crippen LogP contribution in [-0.4, -0.2) is 23.9 Å². The predicted octanol–water partition coefficient (Wildman–Crippen LogP) is 2.87. The fraction of sp³-hybridized carbons (Fsp3) is 0.625. The second-order valence-corrected chi connectivity index (χ2v) is 5.43. The van der Waals surface area contributed by atoms with E-state index < -0.39 is 0 Å². The van der Waals surface area contributed by atoms with Crippen LogP contribution >= 0.6 is 0 Å². The summed E-state index contributed by atoms with van der Waals surface area (Å²) in [6, 6.07) is 8.18. The van der Waals surface area contributed by atoms with Crippen LogP contribution < -0.4 is 10.1 Å².